The largest absolute Gasteiger partial charge is 0.326 e. The molecule has 0 saturated heterocycles. The fourth-order valence-electron chi connectivity index (χ4n) is 3.01. The molecule has 1 N–H and O–H groups in total. The Morgan fingerprint density at radius 3 is 2.45 bits per heavy atom. The van der Waals surface area contributed by atoms with E-state index in [1.165, 1.54) is 11.1 Å². The van der Waals surface area contributed by atoms with Crippen molar-refractivity contribution in [2.45, 2.75) is 41.5 Å². The molecule has 0 radical (unpaired) electrons. The molecular formula is C18H25NO. The fourth-order valence-corrected chi connectivity index (χ4v) is 3.01. The fraction of sp³-hybridized carbons (Fsp3) is 0.500. The molecule has 1 amide bonds. The van der Waals surface area contributed by atoms with Crippen molar-refractivity contribution in [3.05, 3.63) is 41.0 Å². The lowest BCUT2D eigenvalue weighted by Crippen LogP contribution is -2.17. The molecule has 20 heavy (non-hydrogen) atoms. The van der Waals surface area contributed by atoms with E-state index in [-0.39, 0.29) is 17.2 Å². The Morgan fingerprint density at radius 1 is 1.25 bits per heavy atom. The van der Waals surface area contributed by atoms with E-state index in [1.807, 2.05) is 19.1 Å². The van der Waals surface area contributed by atoms with E-state index in [0.29, 0.717) is 5.92 Å². The highest BCUT2D eigenvalue weighted by Gasteiger charge is 2.60. The maximum absolute atomic E-state index is 12.5. The number of carbonyl (C=O) groups excluding carboxylic acids is 1. The van der Waals surface area contributed by atoms with E-state index in [4.69, 9.17) is 0 Å². The second kappa shape index (κ2) is 5.08. The van der Waals surface area contributed by atoms with E-state index in [2.05, 4.69) is 52.1 Å². The van der Waals surface area contributed by atoms with Crippen LogP contribution in [0.15, 0.2) is 29.8 Å². The molecule has 1 aliphatic rings. The number of rotatable bonds is 3. The highest BCUT2D eigenvalue weighted by atomic mass is 16.2. The van der Waals surface area contributed by atoms with Gasteiger partial charge >= 0.3 is 0 Å². The minimum Gasteiger partial charge on any atom is -0.326 e. The predicted molar refractivity (Wildman–Crippen MR) is 84.7 cm³/mol. The van der Waals surface area contributed by atoms with Gasteiger partial charge in [0.05, 0.1) is 5.92 Å². The third-order valence-electron chi connectivity index (χ3n) is 4.35. The Labute approximate surface area is 122 Å². The van der Waals surface area contributed by atoms with Gasteiger partial charge in [0, 0.05) is 5.69 Å². The van der Waals surface area contributed by atoms with Gasteiger partial charge < -0.3 is 5.32 Å². The van der Waals surface area contributed by atoms with Crippen LogP contribution in [-0.4, -0.2) is 5.91 Å². The third-order valence-corrected chi connectivity index (χ3v) is 4.35. The molecule has 1 aromatic carbocycles. The van der Waals surface area contributed by atoms with E-state index in [9.17, 15) is 4.79 Å². The summed E-state index contributed by atoms with van der Waals surface area (Å²) in [7, 11) is 0. The summed E-state index contributed by atoms with van der Waals surface area (Å²) in [6.07, 6.45) is 2.23. The molecule has 1 saturated carbocycles. The summed E-state index contributed by atoms with van der Waals surface area (Å²) in [5, 5.41) is 3.09. The summed E-state index contributed by atoms with van der Waals surface area (Å²) >= 11 is 0. The van der Waals surface area contributed by atoms with Gasteiger partial charge in [-0.15, -0.1) is 0 Å². The third kappa shape index (κ3) is 2.79. The lowest BCUT2D eigenvalue weighted by Gasteiger charge is -2.09. The van der Waals surface area contributed by atoms with E-state index >= 15 is 0 Å². The number of aryl methyl sites for hydroxylation is 2. The van der Waals surface area contributed by atoms with Crippen LogP contribution in [0.3, 0.4) is 0 Å². The van der Waals surface area contributed by atoms with Crippen molar-refractivity contribution in [2.75, 3.05) is 5.32 Å². The van der Waals surface area contributed by atoms with Gasteiger partial charge in [-0.3, -0.25) is 4.79 Å². The van der Waals surface area contributed by atoms with E-state index in [1.54, 1.807) is 0 Å². The van der Waals surface area contributed by atoms with Crippen LogP contribution in [0.25, 0.3) is 0 Å². The van der Waals surface area contributed by atoms with E-state index < -0.39 is 0 Å². The molecule has 0 bridgehead atoms. The topological polar surface area (TPSA) is 29.1 Å². The summed E-state index contributed by atoms with van der Waals surface area (Å²) in [6, 6.07) is 6.13. The number of nitrogens with one attached hydrogen (secondary N) is 1. The number of hydrogen-bond acceptors (Lipinski definition) is 1. The monoisotopic (exact) mass is 271 g/mol. The first-order chi connectivity index (χ1) is 9.23. The Kier molecular flexibility index (Phi) is 3.77. The normalized spacial score (nSPS) is 23.1. The molecule has 0 heterocycles. The van der Waals surface area contributed by atoms with Crippen molar-refractivity contribution < 1.29 is 4.79 Å². The molecule has 2 nitrogen and oxygen atoms in total. The van der Waals surface area contributed by atoms with Crippen LogP contribution in [0.1, 0.15) is 38.8 Å². The Bertz CT molecular complexity index is 565. The molecule has 0 spiro atoms. The van der Waals surface area contributed by atoms with Crippen LogP contribution in [0.2, 0.25) is 0 Å². The van der Waals surface area contributed by atoms with Crippen LogP contribution < -0.4 is 5.32 Å². The molecule has 2 atom stereocenters. The van der Waals surface area contributed by atoms with Gasteiger partial charge in [0.15, 0.2) is 0 Å². The summed E-state index contributed by atoms with van der Waals surface area (Å²) in [4.78, 5) is 12.5. The Hall–Kier alpha value is -1.57. The Balaban J connectivity index is 2.12. The number of allylic oxidation sites excluding steroid dienone is 2. The van der Waals surface area contributed by atoms with Crippen molar-refractivity contribution in [3.63, 3.8) is 0 Å². The number of hydrogen-bond donors (Lipinski definition) is 1. The van der Waals surface area contributed by atoms with E-state index in [0.717, 1.165) is 11.3 Å². The molecule has 2 rings (SSSR count). The molecule has 108 valence electrons. The van der Waals surface area contributed by atoms with Crippen molar-refractivity contribution in [1.82, 2.24) is 0 Å². The molecule has 2 heteroatoms. The maximum atomic E-state index is 12.5. The van der Waals surface area contributed by atoms with Gasteiger partial charge in [-0.2, -0.15) is 0 Å². The summed E-state index contributed by atoms with van der Waals surface area (Å²) in [6.45, 7) is 12.6. The number of benzene rings is 1. The number of carbonyl (C=O) groups is 1. The first-order valence-corrected chi connectivity index (χ1v) is 7.26. The van der Waals surface area contributed by atoms with Crippen molar-refractivity contribution >= 4 is 11.6 Å². The SMILES string of the molecule is CC(C)=C[C@@H]1[C@H](C(=O)Nc2ccc(C)cc2C)C1(C)C. The zero-order chi connectivity index (χ0) is 15.1. The van der Waals surface area contributed by atoms with Gasteiger partial charge in [-0.1, -0.05) is 43.2 Å². The first-order valence-electron chi connectivity index (χ1n) is 7.26. The zero-order valence-corrected chi connectivity index (χ0v) is 13.4. The van der Waals surface area contributed by atoms with Crippen LogP contribution in [0.4, 0.5) is 5.69 Å². The summed E-state index contributed by atoms with van der Waals surface area (Å²) in [5.74, 6) is 0.584. The van der Waals surface area contributed by atoms with Crippen LogP contribution in [-0.2, 0) is 4.79 Å². The smallest absolute Gasteiger partial charge is 0.228 e. The zero-order valence-electron chi connectivity index (χ0n) is 13.4. The van der Waals surface area contributed by atoms with Gasteiger partial charge in [0.2, 0.25) is 5.91 Å². The molecule has 0 unspecified atom stereocenters. The highest BCUT2D eigenvalue weighted by Crippen LogP contribution is 2.59. The summed E-state index contributed by atoms with van der Waals surface area (Å²) < 4.78 is 0. The van der Waals surface area contributed by atoms with Crippen molar-refractivity contribution in [2.24, 2.45) is 17.3 Å². The van der Waals surface area contributed by atoms with Crippen LogP contribution in [0.5, 0.6) is 0 Å². The van der Waals surface area contributed by atoms with Gasteiger partial charge in [0.25, 0.3) is 0 Å². The molecule has 1 aliphatic carbocycles. The summed E-state index contributed by atoms with van der Waals surface area (Å²) in [5.41, 5.74) is 4.62. The van der Waals surface area contributed by atoms with Crippen molar-refractivity contribution in [1.29, 1.82) is 0 Å². The van der Waals surface area contributed by atoms with Gasteiger partial charge in [-0.25, -0.2) is 0 Å². The molecule has 0 aromatic heterocycles. The quantitative estimate of drug-likeness (QED) is 0.807. The molecular weight excluding hydrogens is 246 g/mol. The Morgan fingerprint density at radius 2 is 1.90 bits per heavy atom. The minimum absolute atomic E-state index is 0.0694. The predicted octanol–water partition coefficient (Wildman–Crippen LogP) is 4.48. The van der Waals surface area contributed by atoms with Crippen molar-refractivity contribution in [3.8, 4) is 0 Å². The first kappa shape index (κ1) is 14.8. The molecule has 1 fully saturated rings. The second-order valence-electron chi connectivity index (χ2n) is 6.88. The number of anilines is 1. The standard InChI is InChI=1S/C18H25NO/c1-11(2)9-14-16(18(14,5)6)17(20)19-15-8-7-12(3)10-13(15)4/h7-10,14,16H,1-6H3,(H,19,20)/t14-,16-/m1/s1. The van der Waals surface area contributed by atoms with Crippen LogP contribution >= 0.6 is 0 Å². The van der Waals surface area contributed by atoms with Crippen LogP contribution in [0, 0.1) is 31.1 Å². The maximum Gasteiger partial charge on any atom is 0.228 e. The average Bonchev–Trinajstić information content (AvgIpc) is 2.83. The lowest BCUT2D eigenvalue weighted by molar-refractivity contribution is -0.118. The highest BCUT2D eigenvalue weighted by molar-refractivity contribution is 5.96. The second-order valence-corrected chi connectivity index (χ2v) is 6.88. The average molecular weight is 271 g/mol. The van der Waals surface area contributed by atoms with Gasteiger partial charge in [0.1, 0.15) is 0 Å². The molecule has 0 aliphatic heterocycles. The lowest BCUT2D eigenvalue weighted by atomic mass is 10.1. The number of amides is 1. The minimum atomic E-state index is 0.0694. The van der Waals surface area contributed by atoms with Gasteiger partial charge in [-0.05, 0) is 50.7 Å². The molecule has 1 aromatic rings.